The molecule has 9 heteroatoms. The van der Waals surface area contributed by atoms with Crippen molar-refractivity contribution in [3.8, 4) is 11.3 Å². The zero-order chi connectivity index (χ0) is 27.9. The number of hydrogen-bond acceptors (Lipinski definition) is 5. The first-order chi connectivity index (χ1) is 18.0. The van der Waals surface area contributed by atoms with Crippen LogP contribution in [-0.2, 0) is 19.1 Å². The number of halogens is 3. The third kappa shape index (κ3) is 7.77. The summed E-state index contributed by atoms with van der Waals surface area (Å²) in [5.74, 6) is -0.244. The van der Waals surface area contributed by atoms with Gasteiger partial charge in [0.2, 0.25) is 0 Å². The maximum absolute atomic E-state index is 13.2. The summed E-state index contributed by atoms with van der Waals surface area (Å²) < 4.78 is 41.4. The van der Waals surface area contributed by atoms with Crippen LogP contribution in [0.4, 0.5) is 13.2 Å². The topological polar surface area (TPSA) is 85.9 Å². The number of ketones is 1. The Morgan fingerprint density at radius 1 is 1.00 bits per heavy atom. The largest absolute Gasteiger partial charge is 0.416 e. The summed E-state index contributed by atoms with van der Waals surface area (Å²) in [4.78, 5) is 15.3. The number of Topliss-reactive ketones (excluding diaryl/α,β-unsaturated/α-hetero) is 1. The van der Waals surface area contributed by atoms with Crippen molar-refractivity contribution in [1.82, 2.24) is 9.47 Å². The van der Waals surface area contributed by atoms with Gasteiger partial charge in [0, 0.05) is 36.5 Å². The van der Waals surface area contributed by atoms with E-state index >= 15 is 0 Å². The fourth-order valence-electron chi connectivity index (χ4n) is 4.48. The van der Waals surface area contributed by atoms with E-state index in [1.54, 1.807) is 0 Å². The molecule has 3 N–H and O–H groups in total. The summed E-state index contributed by atoms with van der Waals surface area (Å²) in [6.07, 6.45) is -5.69. The van der Waals surface area contributed by atoms with Crippen molar-refractivity contribution in [2.24, 2.45) is 0 Å². The average molecular weight is 533 g/mol. The summed E-state index contributed by atoms with van der Waals surface area (Å²) in [5, 5.41) is 28.3. The Morgan fingerprint density at radius 3 is 2.37 bits per heavy atom. The van der Waals surface area contributed by atoms with Gasteiger partial charge in [-0.15, -0.1) is 0 Å². The lowest BCUT2D eigenvalue weighted by Crippen LogP contribution is -2.33. The van der Waals surface area contributed by atoms with Gasteiger partial charge in [-0.2, -0.15) is 13.2 Å². The lowest BCUT2D eigenvalue weighted by atomic mass is 10.0. The van der Waals surface area contributed by atoms with E-state index in [1.807, 2.05) is 55.3 Å². The van der Waals surface area contributed by atoms with Gasteiger partial charge in [-0.1, -0.05) is 48.5 Å². The number of aliphatic hydroxyl groups excluding tert-OH is 3. The SMILES string of the molecule is Cc1c(C(=O)Cc2cccc(C(F)(F)F)c2)cc(-c2ccccc2)n1CCCN(C)CC[C@H](O)[C@H](O)CO. The van der Waals surface area contributed by atoms with Crippen LogP contribution < -0.4 is 0 Å². The van der Waals surface area contributed by atoms with Gasteiger partial charge in [0.25, 0.3) is 0 Å². The Morgan fingerprint density at radius 2 is 1.71 bits per heavy atom. The molecule has 0 radical (unpaired) electrons. The van der Waals surface area contributed by atoms with Gasteiger partial charge in [-0.3, -0.25) is 4.79 Å². The van der Waals surface area contributed by atoms with Gasteiger partial charge in [0.15, 0.2) is 5.78 Å². The molecule has 1 heterocycles. The Bertz CT molecular complexity index is 1190. The highest BCUT2D eigenvalue weighted by Crippen LogP contribution is 2.31. The first-order valence-electron chi connectivity index (χ1n) is 12.6. The van der Waals surface area contributed by atoms with Gasteiger partial charge >= 0.3 is 6.18 Å². The fraction of sp³-hybridized carbons (Fsp3) is 0.414. The molecule has 1 aromatic heterocycles. The molecule has 0 unspecified atom stereocenters. The van der Waals surface area contributed by atoms with E-state index in [4.69, 9.17) is 5.11 Å². The lowest BCUT2D eigenvalue weighted by Gasteiger charge is -2.21. The molecule has 0 aliphatic heterocycles. The minimum Gasteiger partial charge on any atom is -0.394 e. The van der Waals surface area contributed by atoms with E-state index < -0.39 is 30.6 Å². The van der Waals surface area contributed by atoms with Crippen molar-refractivity contribution in [3.05, 3.63) is 83.0 Å². The molecule has 206 valence electrons. The minimum atomic E-state index is -4.47. The zero-order valence-corrected chi connectivity index (χ0v) is 21.7. The van der Waals surface area contributed by atoms with Crippen LogP contribution in [-0.4, -0.2) is 69.5 Å². The van der Waals surface area contributed by atoms with Crippen molar-refractivity contribution in [3.63, 3.8) is 0 Å². The van der Waals surface area contributed by atoms with Crippen LogP contribution in [0.3, 0.4) is 0 Å². The smallest absolute Gasteiger partial charge is 0.394 e. The van der Waals surface area contributed by atoms with Crippen LogP contribution in [0.15, 0.2) is 60.7 Å². The van der Waals surface area contributed by atoms with Crippen molar-refractivity contribution in [1.29, 1.82) is 0 Å². The highest BCUT2D eigenvalue weighted by Gasteiger charge is 2.30. The first kappa shape index (κ1) is 29.6. The number of carbonyl (C=O) groups excluding carboxylic acids is 1. The molecule has 0 aliphatic carbocycles. The van der Waals surface area contributed by atoms with Gasteiger partial charge in [0.05, 0.1) is 18.3 Å². The maximum Gasteiger partial charge on any atom is 0.416 e. The Hall–Kier alpha value is -2.98. The van der Waals surface area contributed by atoms with Gasteiger partial charge < -0.3 is 24.8 Å². The number of alkyl halides is 3. The van der Waals surface area contributed by atoms with Crippen molar-refractivity contribution in [2.75, 3.05) is 26.7 Å². The number of aromatic nitrogens is 1. The molecular weight excluding hydrogens is 497 g/mol. The number of aliphatic hydroxyl groups is 3. The average Bonchev–Trinajstić information content (AvgIpc) is 3.23. The summed E-state index contributed by atoms with van der Waals surface area (Å²) >= 11 is 0. The van der Waals surface area contributed by atoms with Crippen LogP contribution in [0.5, 0.6) is 0 Å². The van der Waals surface area contributed by atoms with E-state index in [2.05, 4.69) is 4.57 Å². The van der Waals surface area contributed by atoms with Crippen LogP contribution in [0.2, 0.25) is 0 Å². The quantitative estimate of drug-likeness (QED) is 0.285. The molecule has 0 fully saturated rings. The molecule has 6 nitrogen and oxygen atoms in total. The molecule has 0 aliphatic rings. The summed E-state index contributed by atoms with van der Waals surface area (Å²) in [6, 6.07) is 16.3. The predicted molar refractivity (Wildman–Crippen MR) is 140 cm³/mol. The molecule has 2 aromatic carbocycles. The fourth-order valence-corrected chi connectivity index (χ4v) is 4.48. The van der Waals surface area contributed by atoms with Crippen molar-refractivity contribution < 1.29 is 33.3 Å². The molecular formula is C29H35F3N2O4. The Balaban J connectivity index is 1.75. The third-order valence-electron chi connectivity index (χ3n) is 6.71. The highest BCUT2D eigenvalue weighted by molar-refractivity contribution is 6.00. The second kappa shape index (κ2) is 13.2. The van der Waals surface area contributed by atoms with Crippen LogP contribution in [0, 0.1) is 6.92 Å². The number of benzene rings is 2. The molecule has 38 heavy (non-hydrogen) atoms. The van der Waals surface area contributed by atoms with Gasteiger partial charge in [-0.05, 0) is 56.6 Å². The predicted octanol–water partition coefficient (Wildman–Crippen LogP) is 4.33. The highest BCUT2D eigenvalue weighted by atomic mass is 19.4. The summed E-state index contributed by atoms with van der Waals surface area (Å²) in [6.45, 7) is 3.20. The van der Waals surface area contributed by atoms with E-state index in [1.165, 1.54) is 12.1 Å². The van der Waals surface area contributed by atoms with Crippen molar-refractivity contribution >= 4 is 5.78 Å². The number of carbonyl (C=O) groups is 1. The van der Waals surface area contributed by atoms with Gasteiger partial charge in [0.1, 0.15) is 6.10 Å². The van der Waals surface area contributed by atoms with E-state index in [-0.39, 0.29) is 12.2 Å². The minimum absolute atomic E-state index is 0.131. The number of hydrogen-bond donors (Lipinski definition) is 3. The number of nitrogens with zero attached hydrogens (tertiary/aromatic N) is 2. The normalized spacial score (nSPS) is 13.6. The van der Waals surface area contributed by atoms with E-state index in [9.17, 15) is 28.2 Å². The van der Waals surface area contributed by atoms with Crippen LogP contribution in [0.1, 0.15) is 40.0 Å². The molecule has 0 saturated heterocycles. The summed E-state index contributed by atoms with van der Waals surface area (Å²) in [5.41, 5.74) is 2.57. The molecule has 0 amide bonds. The van der Waals surface area contributed by atoms with E-state index in [0.29, 0.717) is 37.2 Å². The maximum atomic E-state index is 13.2. The molecule has 0 saturated carbocycles. The van der Waals surface area contributed by atoms with Gasteiger partial charge in [-0.25, -0.2) is 0 Å². The second-order valence-corrected chi connectivity index (χ2v) is 9.61. The molecule has 0 spiro atoms. The van der Waals surface area contributed by atoms with Crippen molar-refractivity contribution in [2.45, 2.75) is 51.1 Å². The third-order valence-corrected chi connectivity index (χ3v) is 6.71. The lowest BCUT2D eigenvalue weighted by molar-refractivity contribution is -0.137. The summed E-state index contributed by atoms with van der Waals surface area (Å²) in [7, 11) is 1.91. The first-order valence-corrected chi connectivity index (χ1v) is 12.6. The monoisotopic (exact) mass is 532 g/mol. The Labute approximate surface area is 221 Å². The van der Waals surface area contributed by atoms with E-state index in [0.717, 1.165) is 35.5 Å². The molecule has 0 bridgehead atoms. The van der Waals surface area contributed by atoms with Crippen LogP contribution in [0.25, 0.3) is 11.3 Å². The Kier molecular flexibility index (Phi) is 10.3. The molecule has 3 rings (SSSR count). The zero-order valence-electron chi connectivity index (χ0n) is 21.7. The molecule has 2 atom stereocenters. The number of rotatable bonds is 13. The standard InChI is InChI=1S/C29H35F3N2O4/c1-20-24(27(37)17-21-8-6-11-23(16-21)29(30,31)32)18-25(22-9-4-3-5-10-22)34(20)14-7-13-33(2)15-12-26(36)28(38)19-35/h3-6,8-11,16,18,26,28,35-36,38H,7,12-15,17,19H2,1-2H3/t26-,28+/m0/s1. The second-order valence-electron chi connectivity index (χ2n) is 9.61. The molecule has 3 aromatic rings. The van der Waals surface area contributed by atoms with Crippen LogP contribution >= 0.6 is 0 Å².